The normalized spacial score (nSPS) is 11.7. The average Bonchev–Trinajstić information content (AvgIpc) is 1.52. The number of phenols is 4. The van der Waals surface area contributed by atoms with Crippen LogP contribution in [0.5, 0.6) is 46.0 Å². The predicted molar refractivity (Wildman–Crippen MR) is 507 cm³/mol. The number of hydrogen-bond acceptors (Lipinski definition) is 17. The molecule has 25 heteroatoms. The number of fused-ring (bicyclic) bond motifs is 28. The van der Waals surface area contributed by atoms with Gasteiger partial charge in [-0.2, -0.15) is 0 Å². The molecule has 0 aliphatic carbocycles. The molecular weight excluding hydrogens is 1760 g/mol. The molecule has 2 aliphatic rings. The molecule has 8 N–H and O–H groups in total. The number of aromatic hydroxyl groups is 4. The Labute approximate surface area is 776 Å². The molecule has 0 unspecified atom stereocenters. The predicted octanol–water partition coefficient (Wildman–Crippen LogP) is 23.9. The number of aromatic amines is 1. The van der Waals surface area contributed by atoms with Gasteiger partial charge in [-0.1, -0.05) is 144 Å². The van der Waals surface area contributed by atoms with Gasteiger partial charge in [0.2, 0.25) is 0 Å². The zero-order chi connectivity index (χ0) is 90.7. The fourth-order valence-electron chi connectivity index (χ4n) is 15.4. The van der Waals surface area contributed by atoms with E-state index in [1.807, 2.05) is 200 Å². The number of rotatable bonds is 6. The zero-order valence-corrected chi connectivity index (χ0v) is 77.9. The van der Waals surface area contributed by atoms with Gasteiger partial charge in [0, 0.05) is 164 Å². The molecular formula is C104H99Co3N8O14-. The van der Waals surface area contributed by atoms with Crippen molar-refractivity contribution in [3.63, 3.8) is 0 Å². The van der Waals surface area contributed by atoms with Crippen LogP contribution in [0.2, 0.25) is 0 Å². The zero-order valence-electron chi connectivity index (χ0n) is 74.7. The average molecular weight is 1860 g/mol. The minimum Gasteiger partial charge on any atom is -0.657 e. The van der Waals surface area contributed by atoms with Crippen molar-refractivity contribution in [2.24, 2.45) is 0 Å². The molecule has 3 radical (unpaired) electrons. The molecule has 22 nitrogen and oxygen atoms in total. The second-order valence-corrected chi connectivity index (χ2v) is 35.3. The van der Waals surface area contributed by atoms with Crippen LogP contribution in [0.3, 0.4) is 0 Å². The Morgan fingerprint density at radius 2 is 0.558 bits per heavy atom. The summed E-state index contributed by atoms with van der Waals surface area (Å²) >= 11 is 0. The number of nitrogens with one attached hydrogen (secondary N) is 1. The number of carbonyl (C=O) groups is 3. The maximum atomic E-state index is 12.2. The fraction of sp³-hybridized carbons (Fsp3) is 0.221. The molecule has 667 valence electrons. The number of nitrogens with zero attached hydrogens (tertiary/aromatic N) is 7. The van der Waals surface area contributed by atoms with E-state index in [-0.39, 0.29) is 95.0 Å². The molecule has 8 aromatic heterocycles. The van der Waals surface area contributed by atoms with Crippen LogP contribution in [0.1, 0.15) is 149 Å². The van der Waals surface area contributed by atoms with E-state index < -0.39 is 17.9 Å². The van der Waals surface area contributed by atoms with Crippen LogP contribution in [-0.2, 0) is 86.4 Å². The second-order valence-electron chi connectivity index (χ2n) is 35.3. The number of aromatic nitrogens is 8. The van der Waals surface area contributed by atoms with E-state index in [9.17, 15) is 20.4 Å². The topological polar surface area (TPSA) is 337 Å². The molecule has 0 atom stereocenters. The smallest absolute Gasteiger partial charge is 0.300 e. The van der Waals surface area contributed by atoms with Gasteiger partial charge in [0.1, 0.15) is 46.0 Å². The summed E-state index contributed by atoms with van der Waals surface area (Å²) in [5.41, 5.74) is 16.8. The van der Waals surface area contributed by atoms with Gasteiger partial charge < -0.3 is 64.7 Å². The second kappa shape index (κ2) is 37.9. The summed E-state index contributed by atoms with van der Waals surface area (Å²) in [5, 5.41) is 79.6. The van der Waals surface area contributed by atoms with Gasteiger partial charge in [0.05, 0.1) is 95.3 Å². The number of phenolic OH excluding ortho intramolecular Hbond substituents is 4. The number of methoxy groups -OCH3 is 4. The van der Waals surface area contributed by atoms with Crippen molar-refractivity contribution in [2.45, 2.75) is 126 Å². The van der Waals surface area contributed by atoms with E-state index in [1.54, 1.807) is 28.4 Å². The third-order valence-corrected chi connectivity index (χ3v) is 22.1. The third kappa shape index (κ3) is 20.1. The number of benzene rings is 8. The molecule has 8 aromatic carbocycles. The van der Waals surface area contributed by atoms with E-state index in [4.69, 9.17) is 83.5 Å². The maximum Gasteiger partial charge on any atom is 0.300 e. The molecule has 0 saturated carbocycles. The molecule has 0 saturated heterocycles. The van der Waals surface area contributed by atoms with Gasteiger partial charge in [-0.05, 0) is 194 Å². The Morgan fingerprint density at radius 3 is 0.884 bits per heavy atom. The van der Waals surface area contributed by atoms with E-state index in [1.165, 1.54) is 0 Å². The summed E-state index contributed by atoms with van der Waals surface area (Å²) in [7, 11) is 6.50. The van der Waals surface area contributed by atoms with Crippen molar-refractivity contribution in [3.05, 3.63) is 227 Å². The van der Waals surface area contributed by atoms with Crippen molar-refractivity contribution in [1.82, 2.24) is 39.9 Å². The number of carboxylic acids is 3. The van der Waals surface area contributed by atoms with Gasteiger partial charge in [-0.3, -0.25) is 14.4 Å². The van der Waals surface area contributed by atoms with Crippen LogP contribution < -0.4 is 23.9 Å². The Kier molecular flexibility index (Phi) is 28.2. The van der Waals surface area contributed by atoms with Crippen molar-refractivity contribution in [2.75, 3.05) is 28.4 Å². The van der Waals surface area contributed by atoms with Crippen LogP contribution >= 0.6 is 0 Å². The van der Waals surface area contributed by atoms with E-state index >= 15 is 0 Å². The summed E-state index contributed by atoms with van der Waals surface area (Å²) in [6.07, 6.45) is 7.79. The van der Waals surface area contributed by atoms with Gasteiger partial charge in [0.25, 0.3) is 17.9 Å². The quantitative estimate of drug-likeness (QED) is 0.0717. The largest absolute Gasteiger partial charge is 0.657 e. The summed E-state index contributed by atoms with van der Waals surface area (Å²) < 4.78 is 22.8. The standard InChI is InChI=1S/C49H44N4O4.C49H43N4O4.3C2H4O2.3Co/c2*1-48(2,3)29-21-33-37-15-17-41(50-37)43(28-19-31(56-7)25-32(20-28)57-8)42-18-16-38(51-42)34-22-30(49(4,5)6)24-36(47(34)55)40-14-12-27-10-9-26-11-13-39(35(23-29)46(33)54)52-44(26)45(27)53-40;3*1-2(3)4;;;/h9-25,50,54-55H,1-8H3;9-25H,1-8H3,(H2-,50,51,52,53,54,55);3*1H3,(H,3,4);;;/q;-1;;;;;;. The summed E-state index contributed by atoms with van der Waals surface area (Å²) in [6.45, 7) is 29.1. The number of ether oxygens (including phenoxy) is 4. The minimum atomic E-state index is -0.833. The van der Waals surface area contributed by atoms with Gasteiger partial charge in [-0.25, -0.2) is 29.9 Å². The van der Waals surface area contributed by atoms with E-state index in [0.29, 0.717) is 144 Å². The molecule has 129 heavy (non-hydrogen) atoms. The van der Waals surface area contributed by atoms with Crippen molar-refractivity contribution < 1.29 is 119 Å². The molecule has 10 heterocycles. The van der Waals surface area contributed by atoms with Crippen LogP contribution in [0.15, 0.2) is 182 Å². The molecule has 0 amide bonds. The first-order valence-corrected chi connectivity index (χ1v) is 40.9. The molecule has 0 spiro atoms. The summed E-state index contributed by atoms with van der Waals surface area (Å²) in [6, 6.07) is 59.6. The van der Waals surface area contributed by atoms with Crippen LogP contribution in [0, 0.1) is 0 Å². The third-order valence-electron chi connectivity index (χ3n) is 22.1. The van der Waals surface area contributed by atoms with E-state index in [0.717, 1.165) is 97.9 Å². The summed E-state index contributed by atoms with van der Waals surface area (Å²) in [4.78, 5) is 67.2. The maximum absolute atomic E-state index is 12.2. The molecule has 24 bridgehead atoms. The monoisotopic (exact) mass is 1860 g/mol. The van der Waals surface area contributed by atoms with Gasteiger partial charge in [-0.15, -0.1) is 11.0 Å². The Bertz CT molecular complexity index is 7030. The number of hydrogen-bond donors (Lipinski definition) is 8. The van der Waals surface area contributed by atoms with Crippen LogP contribution in [-0.4, -0.2) is 117 Å². The first kappa shape index (κ1) is 96.2. The number of carboxylic acid groups (broad SMARTS) is 3. The summed E-state index contributed by atoms with van der Waals surface area (Å²) in [5.74, 6) is 0.350. The molecule has 16 aromatic rings. The van der Waals surface area contributed by atoms with Crippen molar-refractivity contribution in [3.8, 4) is 68.2 Å². The van der Waals surface area contributed by atoms with Crippen molar-refractivity contribution in [1.29, 1.82) is 0 Å². The Hall–Kier alpha value is -13.4. The Morgan fingerprint density at radius 1 is 0.302 bits per heavy atom. The fourth-order valence-corrected chi connectivity index (χ4v) is 15.4. The van der Waals surface area contributed by atoms with E-state index in [2.05, 4.69) is 94.1 Å². The Balaban J connectivity index is 0.000000217. The van der Waals surface area contributed by atoms with Crippen LogP contribution in [0.25, 0.3) is 177 Å². The molecule has 18 rings (SSSR count). The SMILES string of the molecule is CC(=O)O.CC(=O)O.CC(=O)O.COc1cc(OC)cc(-c2c3nc(c4cc(C(C)(C)C)cc(c4O)c4ccc5ccc6ccc(nc6c5n4)c4cc(C(C)(C)C)cc(c4O)c4ccc2[n-]4)C=C3)c1.COc1cc(OC)cc(-c2c3nc(c4cc(C(C)(C)C)cc(c4O)c4ccc5ccc6ccc(nc6c5n4)c4cc(C(C)(C)C)cc(c4O)c4ccc2[nH]4)C=C3)c1.[Co].[Co].[Co]. The van der Waals surface area contributed by atoms with Crippen molar-refractivity contribution >= 4 is 173 Å². The molecule has 0 fully saturated rings. The van der Waals surface area contributed by atoms with Crippen LogP contribution in [0.4, 0.5) is 0 Å². The van der Waals surface area contributed by atoms with Gasteiger partial charge >= 0.3 is 0 Å². The first-order chi connectivity index (χ1) is 59.6. The molecule has 2 aliphatic heterocycles. The first-order valence-electron chi connectivity index (χ1n) is 40.9. The number of pyridine rings is 4. The minimum absolute atomic E-state index is 0. The number of H-pyrrole nitrogens is 1. The number of aliphatic carboxylic acids is 3. The van der Waals surface area contributed by atoms with Gasteiger partial charge in [0.15, 0.2) is 0 Å².